The van der Waals surface area contributed by atoms with E-state index in [4.69, 9.17) is 9.47 Å². The van der Waals surface area contributed by atoms with Gasteiger partial charge in [0.05, 0.1) is 13.2 Å². The largest absolute Gasteiger partial charge is 0.472 e. The summed E-state index contributed by atoms with van der Waals surface area (Å²) in [4.78, 5) is 23.6. The minimum Gasteiger partial charge on any atom is -0.472 e. The van der Waals surface area contributed by atoms with E-state index >= 15 is 0 Å². The van der Waals surface area contributed by atoms with Gasteiger partial charge in [-0.3, -0.25) is 9.59 Å². The van der Waals surface area contributed by atoms with Crippen molar-refractivity contribution >= 4 is 37.7 Å². The Morgan fingerprint density at radius 2 is 1.36 bits per heavy atom. The van der Waals surface area contributed by atoms with Gasteiger partial charge in [0.1, 0.15) is 0 Å². The predicted molar refractivity (Wildman–Crippen MR) is 124 cm³/mol. The van der Waals surface area contributed by atoms with Crippen LogP contribution in [0.4, 0.5) is 0 Å². The Hall–Kier alpha value is -0.772. The molecule has 2 aromatic carbocycles. The Bertz CT molecular complexity index is 1410. The number of carbonyl (C=O) groups excluding carboxylic acids is 2. The van der Waals surface area contributed by atoms with Crippen LogP contribution in [0.5, 0.6) is 0 Å². The van der Waals surface area contributed by atoms with Crippen LogP contribution in [-0.4, -0.2) is 47.7 Å². The first-order valence-electron chi connectivity index (χ1n) is 10.5. The SMILES string of the molecule is CCOC(=O)c1c[c-]c2c(c1C)C=CS2(=O)=O.CCOC(=O)c1c[c-]c2c(c1C)CCS2(=O)=O.[Y].[Y]. The Morgan fingerprint density at radius 3 is 1.89 bits per heavy atom. The zero-order chi connectivity index (χ0) is 25.3. The molecule has 2 aromatic rings. The van der Waals surface area contributed by atoms with Crippen LogP contribution in [0.2, 0.25) is 0 Å². The molecule has 0 atom stereocenters. The van der Waals surface area contributed by atoms with E-state index in [-0.39, 0.29) is 87.6 Å². The number of esters is 2. The first-order chi connectivity index (χ1) is 15.9. The van der Waals surface area contributed by atoms with E-state index in [1.807, 2.05) is 0 Å². The summed E-state index contributed by atoms with van der Waals surface area (Å²) in [5.41, 5.74) is 3.29. The van der Waals surface area contributed by atoms with E-state index in [1.165, 1.54) is 18.2 Å². The van der Waals surface area contributed by atoms with Gasteiger partial charge >= 0.3 is 0 Å². The second kappa shape index (κ2) is 13.3. The molecule has 0 saturated heterocycles. The third-order valence-electron chi connectivity index (χ3n) is 5.50. The van der Waals surface area contributed by atoms with Crippen LogP contribution in [0.1, 0.15) is 56.8 Å². The topological polar surface area (TPSA) is 121 Å². The molecule has 0 N–H and O–H groups in total. The van der Waals surface area contributed by atoms with Crippen LogP contribution in [0.3, 0.4) is 0 Å². The molecule has 2 radical (unpaired) electrons. The molecule has 2 heterocycles. The first kappa shape index (κ1) is 33.3. The summed E-state index contributed by atoms with van der Waals surface area (Å²) >= 11 is 0. The average Bonchev–Trinajstić information content (AvgIpc) is 3.26. The summed E-state index contributed by atoms with van der Waals surface area (Å²) < 4.78 is 56.3. The summed E-state index contributed by atoms with van der Waals surface area (Å²) in [5.74, 6) is -0.776. The average molecular weight is 682 g/mol. The van der Waals surface area contributed by atoms with Gasteiger partial charge in [-0.2, -0.15) is 24.3 Å². The fourth-order valence-electron chi connectivity index (χ4n) is 3.73. The minimum atomic E-state index is -3.37. The Morgan fingerprint density at radius 1 is 0.861 bits per heavy atom. The summed E-state index contributed by atoms with van der Waals surface area (Å²) in [7, 11) is -6.56. The Labute approximate surface area is 262 Å². The van der Waals surface area contributed by atoms with Crippen molar-refractivity contribution < 1.29 is 101 Å². The second-order valence-electron chi connectivity index (χ2n) is 7.56. The number of ether oxygens (including phenoxy) is 2. The van der Waals surface area contributed by atoms with E-state index in [9.17, 15) is 26.4 Å². The molecule has 2 aliphatic rings. The van der Waals surface area contributed by atoms with Gasteiger partial charge in [-0.15, -0.1) is 22.3 Å². The van der Waals surface area contributed by atoms with Crippen LogP contribution in [-0.2, 0) is 101 Å². The number of carbonyl (C=O) groups is 2. The predicted octanol–water partition coefficient (Wildman–Crippen LogP) is 3.03. The third-order valence-corrected chi connectivity index (χ3v) is 8.63. The van der Waals surface area contributed by atoms with Crippen molar-refractivity contribution in [1.82, 2.24) is 0 Å². The van der Waals surface area contributed by atoms with Gasteiger partial charge in [-0.05, 0) is 34.8 Å². The van der Waals surface area contributed by atoms with E-state index in [1.54, 1.807) is 27.7 Å². The van der Waals surface area contributed by atoms with Gasteiger partial charge < -0.3 is 9.47 Å². The maximum Gasteiger partial charge on any atom is 0.281 e. The minimum absolute atomic E-state index is 0. The molecule has 0 amide bonds. The van der Waals surface area contributed by atoms with Crippen molar-refractivity contribution in [3.8, 4) is 0 Å². The van der Waals surface area contributed by atoms with Crippen molar-refractivity contribution in [3.63, 3.8) is 0 Å². The van der Waals surface area contributed by atoms with Gasteiger partial charge in [0.2, 0.25) is 0 Å². The van der Waals surface area contributed by atoms with E-state index in [0.29, 0.717) is 46.4 Å². The Kier molecular flexibility index (Phi) is 12.3. The van der Waals surface area contributed by atoms with E-state index in [2.05, 4.69) is 12.1 Å². The van der Waals surface area contributed by atoms with Crippen LogP contribution >= 0.6 is 0 Å². The van der Waals surface area contributed by atoms with Crippen molar-refractivity contribution in [2.75, 3.05) is 19.0 Å². The second-order valence-corrected chi connectivity index (χ2v) is 11.4. The summed E-state index contributed by atoms with van der Waals surface area (Å²) in [6, 6.07) is 8.12. The van der Waals surface area contributed by atoms with Crippen molar-refractivity contribution in [2.45, 2.75) is 43.9 Å². The maximum atomic E-state index is 11.7. The first-order valence-corrected chi connectivity index (χ1v) is 13.7. The smallest absolute Gasteiger partial charge is 0.281 e. The van der Waals surface area contributed by atoms with Gasteiger partial charge in [-0.1, -0.05) is 26.3 Å². The molecule has 0 aliphatic carbocycles. The van der Waals surface area contributed by atoms with E-state index < -0.39 is 31.6 Å². The fourth-order valence-corrected chi connectivity index (χ4v) is 6.47. The molecule has 8 nitrogen and oxygen atoms in total. The molecule has 36 heavy (non-hydrogen) atoms. The number of hydrogen-bond donors (Lipinski definition) is 0. The maximum absolute atomic E-state index is 11.7. The van der Waals surface area contributed by atoms with E-state index in [0.717, 1.165) is 5.41 Å². The molecule has 2 aliphatic heterocycles. The van der Waals surface area contributed by atoms with Crippen molar-refractivity contribution in [2.24, 2.45) is 0 Å². The molecular weight excluding hydrogens is 658 g/mol. The van der Waals surface area contributed by atoms with Gasteiger partial charge in [0.15, 0.2) is 19.7 Å². The summed E-state index contributed by atoms with van der Waals surface area (Å²) in [6.45, 7) is 7.48. The summed E-state index contributed by atoms with van der Waals surface area (Å²) in [6.07, 6.45) is 1.94. The van der Waals surface area contributed by atoms with Gasteiger partial charge in [0.25, 0.3) is 11.9 Å². The molecule has 12 heteroatoms. The molecule has 0 unspecified atom stereocenters. The number of sulfone groups is 2. The van der Waals surface area contributed by atoms with Crippen LogP contribution in [0.25, 0.3) is 6.08 Å². The van der Waals surface area contributed by atoms with Crippen molar-refractivity contribution in [3.05, 3.63) is 63.1 Å². The van der Waals surface area contributed by atoms with Crippen LogP contribution in [0, 0.1) is 26.0 Å². The van der Waals surface area contributed by atoms with Crippen molar-refractivity contribution in [1.29, 1.82) is 0 Å². The standard InChI is InChI=1S/C12H13O4S.C12H11O4S.2Y/c2*1-3-16-12(13)10-4-5-11-9(8(10)2)6-7-17(11,14)15;;/h4H,3,6-7H2,1-2H3;4,6-7H,3H2,1-2H3;;/q2*-1;;. The van der Waals surface area contributed by atoms with Gasteiger partial charge in [0, 0.05) is 76.6 Å². The molecule has 0 fully saturated rings. The Balaban J connectivity index is 0.000000341. The molecule has 0 saturated carbocycles. The zero-order valence-corrected chi connectivity index (χ0v) is 27.7. The van der Waals surface area contributed by atoms with Crippen LogP contribution < -0.4 is 0 Å². The number of fused-ring (bicyclic) bond motifs is 2. The number of hydrogen-bond acceptors (Lipinski definition) is 8. The molecule has 0 aromatic heterocycles. The zero-order valence-electron chi connectivity index (χ0n) is 20.4. The molecule has 4 rings (SSSR count). The monoisotopic (exact) mass is 682 g/mol. The number of benzene rings is 2. The normalized spacial score (nSPS) is 15.2. The molecule has 188 valence electrons. The third kappa shape index (κ3) is 6.80. The van der Waals surface area contributed by atoms with Crippen LogP contribution in [0.15, 0.2) is 27.3 Å². The number of rotatable bonds is 4. The quantitative estimate of drug-likeness (QED) is 0.357. The van der Waals surface area contributed by atoms with Gasteiger partial charge in [-0.25, -0.2) is 16.8 Å². The molecule has 0 bridgehead atoms. The molecular formula is C24H24O8S2Y2-2. The molecule has 0 spiro atoms. The summed E-state index contributed by atoms with van der Waals surface area (Å²) in [5, 5.41) is 1.12. The fraction of sp³-hybridized carbons (Fsp3) is 0.333.